The highest BCUT2D eigenvalue weighted by Crippen LogP contribution is 2.46. The van der Waals surface area contributed by atoms with E-state index < -0.39 is 5.60 Å². The maximum Gasteiger partial charge on any atom is 0.408 e. The quantitative estimate of drug-likeness (QED) is 0.923. The number of rotatable bonds is 4. The van der Waals surface area contributed by atoms with Crippen molar-refractivity contribution in [3.63, 3.8) is 0 Å². The van der Waals surface area contributed by atoms with E-state index in [2.05, 4.69) is 40.5 Å². The fourth-order valence-corrected chi connectivity index (χ4v) is 3.55. The number of carbonyl (C=O) groups is 1. The van der Waals surface area contributed by atoms with Gasteiger partial charge in [-0.1, -0.05) is 30.3 Å². The molecule has 1 atom stereocenters. The Labute approximate surface area is 139 Å². The van der Waals surface area contributed by atoms with Crippen LogP contribution < -0.4 is 5.32 Å². The third kappa shape index (κ3) is 4.25. The first-order valence-electron chi connectivity index (χ1n) is 8.64. The second-order valence-corrected chi connectivity index (χ2v) is 7.99. The van der Waals surface area contributed by atoms with E-state index in [0.717, 1.165) is 38.9 Å². The molecule has 1 aliphatic carbocycles. The van der Waals surface area contributed by atoms with Crippen LogP contribution in [-0.2, 0) is 11.3 Å². The first-order valence-corrected chi connectivity index (χ1v) is 8.64. The highest BCUT2D eigenvalue weighted by Gasteiger charge is 2.52. The summed E-state index contributed by atoms with van der Waals surface area (Å²) in [4.78, 5) is 14.6. The molecule has 0 aromatic heterocycles. The molecule has 2 fully saturated rings. The standard InChI is InChI=1S/C19H28N2O2/c1-18(2,3)23-17(22)20-19(10-11-19)16-9-12-21(14-16)13-15-7-5-4-6-8-15/h4-8,16H,9-14H2,1-3H3,(H,20,22). The van der Waals surface area contributed by atoms with Crippen LogP contribution in [0, 0.1) is 5.92 Å². The van der Waals surface area contributed by atoms with Crippen molar-refractivity contribution in [1.29, 1.82) is 0 Å². The van der Waals surface area contributed by atoms with Gasteiger partial charge < -0.3 is 10.1 Å². The monoisotopic (exact) mass is 316 g/mol. The molecule has 1 saturated carbocycles. The molecule has 1 aromatic carbocycles. The molecule has 1 aromatic rings. The lowest BCUT2D eigenvalue weighted by Crippen LogP contribution is -2.45. The summed E-state index contributed by atoms with van der Waals surface area (Å²) in [5.74, 6) is 0.540. The second-order valence-electron chi connectivity index (χ2n) is 7.99. The van der Waals surface area contributed by atoms with Crippen molar-refractivity contribution in [2.45, 2.75) is 57.7 Å². The third-order valence-corrected chi connectivity index (χ3v) is 4.84. The summed E-state index contributed by atoms with van der Waals surface area (Å²) in [6, 6.07) is 10.6. The zero-order valence-corrected chi connectivity index (χ0v) is 14.5. The largest absolute Gasteiger partial charge is 0.444 e. The first kappa shape index (κ1) is 16.3. The van der Waals surface area contributed by atoms with Crippen molar-refractivity contribution in [2.24, 2.45) is 5.92 Å². The minimum Gasteiger partial charge on any atom is -0.444 e. The molecule has 1 saturated heterocycles. The van der Waals surface area contributed by atoms with Crippen LogP contribution >= 0.6 is 0 Å². The van der Waals surface area contributed by atoms with Gasteiger partial charge >= 0.3 is 6.09 Å². The summed E-state index contributed by atoms with van der Waals surface area (Å²) >= 11 is 0. The molecule has 23 heavy (non-hydrogen) atoms. The Morgan fingerprint density at radius 2 is 2.00 bits per heavy atom. The van der Waals surface area contributed by atoms with Gasteiger partial charge in [-0.15, -0.1) is 0 Å². The van der Waals surface area contributed by atoms with Crippen molar-refractivity contribution in [3.8, 4) is 0 Å². The number of hydrogen-bond acceptors (Lipinski definition) is 3. The molecule has 1 unspecified atom stereocenters. The van der Waals surface area contributed by atoms with Crippen molar-refractivity contribution < 1.29 is 9.53 Å². The SMILES string of the molecule is CC(C)(C)OC(=O)NC1(C2CCN(Cc3ccccc3)C2)CC1. The first-order chi connectivity index (χ1) is 10.9. The summed E-state index contributed by atoms with van der Waals surface area (Å²) < 4.78 is 5.43. The van der Waals surface area contributed by atoms with E-state index in [0.29, 0.717) is 5.92 Å². The van der Waals surface area contributed by atoms with Crippen LogP contribution in [0.2, 0.25) is 0 Å². The molecule has 4 heteroatoms. The molecule has 1 N–H and O–H groups in total. The highest BCUT2D eigenvalue weighted by molar-refractivity contribution is 5.69. The molecule has 4 nitrogen and oxygen atoms in total. The Kier molecular flexibility index (Phi) is 4.37. The van der Waals surface area contributed by atoms with E-state index in [-0.39, 0.29) is 11.6 Å². The Hall–Kier alpha value is -1.55. The predicted molar refractivity (Wildman–Crippen MR) is 91.2 cm³/mol. The Balaban J connectivity index is 1.53. The van der Waals surface area contributed by atoms with Crippen LogP contribution in [0.3, 0.4) is 0 Å². The van der Waals surface area contributed by atoms with E-state index in [9.17, 15) is 4.79 Å². The number of nitrogens with one attached hydrogen (secondary N) is 1. The van der Waals surface area contributed by atoms with Crippen LogP contribution in [-0.4, -0.2) is 35.2 Å². The number of ether oxygens (including phenoxy) is 1. The van der Waals surface area contributed by atoms with Crippen LogP contribution in [0.1, 0.15) is 45.6 Å². The van der Waals surface area contributed by atoms with Crippen molar-refractivity contribution in [1.82, 2.24) is 10.2 Å². The minimum atomic E-state index is -0.435. The lowest BCUT2D eigenvalue weighted by atomic mass is 9.96. The van der Waals surface area contributed by atoms with Gasteiger partial charge in [-0.3, -0.25) is 4.90 Å². The summed E-state index contributed by atoms with van der Waals surface area (Å²) in [6.07, 6.45) is 3.05. The fourth-order valence-electron chi connectivity index (χ4n) is 3.55. The molecule has 0 spiro atoms. The second kappa shape index (κ2) is 6.16. The van der Waals surface area contributed by atoms with Gasteiger partial charge in [0, 0.05) is 18.6 Å². The lowest BCUT2D eigenvalue weighted by Gasteiger charge is -2.27. The van der Waals surface area contributed by atoms with Gasteiger partial charge in [0.15, 0.2) is 0 Å². The van der Waals surface area contributed by atoms with E-state index in [1.54, 1.807) is 0 Å². The van der Waals surface area contributed by atoms with E-state index in [1.807, 2.05) is 20.8 Å². The average Bonchev–Trinajstić information content (AvgIpc) is 3.07. The maximum absolute atomic E-state index is 12.1. The summed E-state index contributed by atoms with van der Waals surface area (Å²) in [5, 5.41) is 3.16. The molecule has 126 valence electrons. The topological polar surface area (TPSA) is 41.6 Å². The number of benzene rings is 1. The molecule has 2 aliphatic rings. The molecule has 1 amide bonds. The number of likely N-dealkylation sites (tertiary alicyclic amines) is 1. The van der Waals surface area contributed by atoms with Crippen molar-refractivity contribution in [2.75, 3.05) is 13.1 Å². The number of carbonyl (C=O) groups excluding carboxylic acids is 1. The summed E-state index contributed by atoms with van der Waals surface area (Å²) in [6.45, 7) is 8.89. The van der Waals surface area contributed by atoms with E-state index >= 15 is 0 Å². The van der Waals surface area contributed by atoms with Crippen molar-refractivity contribution in [3.05, 3.63) is 35.9 Å². The predicted octanol–water partition coefficient (Wildman–Crippen LogP) is 3.57. The van der Waals surface area contributed by atoms with Gasteiger partial charge in [0.25, 0.3) is 0 Å². The van der Waals surface area contributed by atoms with Crippen molar-refractivity contribution >= 4 is 6.09 Å². The number of hydrogen-bond donors (Lipinski definition) is 1. The molecular weight excluding hydrogens is 288 g/mol. The third-order valence-electron chi connectivity index (χ3n) is 4.84. The van der Waals surface area contributed by atoms with Gasteiger partial charge in [-0.2, -0.15) is 0 Å². The Bertz CT molecular complexity index is 546. The normalized spacial score (nSPS) is 23.5. The zero-order chi connectivity index (χ0) is 16.5. The smallest absolute Gasteiger partial charge is 0.408 e. The Morgan fingerprint density at radius 1 is 1.30 bits per heavy atom. The molecule has 3 rings (SSSR count). The number of amides is 1. The summed E-state index contributed by atoms with van der Waals surface area (Å²) in [5.41, 5.74) is 0.904. The summed E-state index contributed by atoms with van der Waals surface area (Å²) in [7, 11) is 0. The molecule has 0 radical (unpaired) electrons. The van der Waals surface area contributed by atoms with Gasteiger partial charge in [0.1, 0.15) is 5.60 Å². The fraction of sp³-hybridized carbons (Fsp3) is 0.632. The molecule has 0 bridgehead atoms. The van der Waals surface area contributed by atoms with Gasteiger partial charge in [0.05, 0.1) is 0 Å². The lowest BCUT2D eigenvalue weighted by molar-refractivity contribution is 0.0475. The maximum atomic E-state index is 12.1. The van der Waals surface area contributed by atoms with Gasteiger partial charge in [0.2, 0.25) is 0 Å². The molecule has 1 heterocycles. The van der Waals surface area contributed by atoms with Crippen LogP contribution in [0.4, 0.5) is 4.79 Å². The minimum absolute atomic E-state index is 0.0201. The number of nitrogens with zero attached hydrogens (tertiary/aromatic N) is 1. The highest BCUT2D eigenvalue weighted by atomic mass is 16.6. The van der Waals surface area contributed by atoms with Crippen LogP contribution in [0.25, 0.3) is 0 Å². The molecular formula is C19H28N2O2. The van der Waals surface area contributed by atoms with Gasteiger partial charge in [-0.25, -0.2) is 4.79 Å². The van der Waals surface area contributed by atoms with E-state index in [4.69, 9.17) is 4.74 Å². The average molecular weight is 316 g/mol. The van der Waals surface area contributed by atoms with Gasteiger partial charge in [-0.05, 0) is 58.1 Å². The zero-order valence-electron chi connectivity index (χ0n) is 14.5. The number of alkyl carbamates (subject to hydrolysis) is 1. The van der Waals surface area contributed by atoms with E-state index in [1.165, 1.54) is 5.56 Å². The Morgan fingerprint density at radius 3 is 2.61 bits per heavy atom. The van der Waals surface area contributed by atoms with Crippen LogP contribution in [0.15, 0.2) is 30.3 Å². The molecule has 1 aliphatic heterocycles. The van der Waals surface area contributed by atoms with Crippen LogP contribution in [0.5, 0.6) is 0 Å².